The van der Waals surface area contributed by atoms with E-state index in [9.17, 15) is 0 Å². The van der Waals surface area contributed by atoms with E-state index in [0.717, 1.165) is 29.0 Å². The summed E-state index contributed by atoms with van der Waals surface area (Å²) in [5.74, 6) is 1.22. The number of hydrogen-bond acceptors (Lipinski definition) is 3. The lowest BCUT2D eigenvalue weighted by Gasteiger charge is -2.11. The number of anilines is 1. The van der Waals surface area contributed by atoms with Gasteiger partial charge in [0.2, 0.25) is 0 Å². The summed E-state index contributed by atoms with van der Waals surface area (Å²) in [7, 11) is 1.66. The third-order valence-electron chi connectivity index (χ3n) is 3.56. The molecule has 0 saturated heterocycles. The van der Waals surface area contributed by atoms with Gasteiger partial charge in [-0.1, -0.05) is 29.8 Å². The second kappa shape index (κ2) is 9.91. The lowest BCUT2D eigenvalue weighted by atomic mass is 10.2. The Bertz CT molecular complexity index is 720. The summed E-state index contributed by atoms with van der Waals surface area (Å²) in [6.07, 6.45) is 0.768. The van der Waals surface area contributed by atoms with Crippen LogP contribution in [0.25, 0.3) is 0 Å². The Morgan fingerprint density at radius 2 is 2.04 bits per heavy atom. The van der Waals surface area contributed by atoms with Gasteiger partial charge in [0.15, 0.2) is 5.96 Å². The van der Waals surface area contributed by atoms with Gasteiger partial charge in [-0.2, -0.15) is 0 Å². The van der Waals surface area contributed by atoms with E-state index in [-0.39, 0.29) is 0 Å². The molecule has 0 heterocycles. The molecule has 0 spiro atoms. The van der Waals surface area contributed by atoms with Gasteiger partial charge in [-0.25, -0.2) is 0 Å². The van der Waals surface area contributed by atoms with Crippen molar-refractivity contribution in [2.75, 3.05) is 25.6 Å². The third kappa shape index (κ3) is 6.29. The van der Waals surface area contributed by atoms with E-state index in [2.05, 4.69) is 10.3 Å². The first-order valence-corrected chi connectivity index (χ1v) is 8.50. The fourth-order valence-electron chi connectivity index (χ4n) is 2.32. The van der Waals surface area contributed by atoms with E-state index in [1.807, 2.05) is 49.4 Å². The molecule has 25 heavy (non-hydrogen) atoms. The SMILES string of the molecule is COCc1ccccc1NC(N)=NCCCOc1ccc(Cl)cc1C. The van der Waals surface area contributed by atoms with Crippen molar-refractivity contribution in [3.05, 3.63) is 58.6 Å². The molecule has 0 aromatic heterocycles. The summed E-state index contributed by atoms with van der Waals surface area (Å²) in [5, 5.41) is 3.82. The number of nitrogens with zero attached hydrogens (tertiary/aromatic N) is 1. The van der Waals surface area contributed by atoms with Gasteiger partial charge >= 0.3 is 0 Å². The highest BCUT2D eigenvalue weighted by Crippen LogP contribution is 2.21. The number of nitrogens with one attached hydrogen (secondary N) is 1. The van der Waals surface area contributed by atoms with Gasteiger partial charge in [-0.15, -0.1) is 0 Å². The summed E-state index contributed by atoms with van der Waals surface area (Å²) >= 11 is 5.93. The lowest BCUT2D eigenvalue weighted by Crippen LogP contribution is -2.23. The van der Waals surface area contributed by atoms with Crippen LogP contribution in [-0.2, 0) is 11.3 Å². The third-order valence-corrected chi connectivity index (χ3v) is 3.79. The fraction of sp³-hybridized carbons (Fsp3) is 0.316. The Hall–Kier alpha value is -2.24. The van der Waals surface area contributed by atoms with E-state index in [0.29, 0.717) is 30.7 Å². The molecule has 2 rings (SSSR count). The van der Waals surface area contributed by atoms with Crippen molar-refractivity contribution in [1.29, 1.82) is 0 Å². The van der Waals surface area contributed by atoms with E-state index in [1.54, 1.807) is 7.11 Å². The summed E-state index contributed by atoms with van der Waals surface area (Å²) in [4.78, 5) is 4.33. The van der Waals surface area contributed by atoms with Crippen LogP contribution in [0.5, 0.6) is 5.75 Å². The first kappa shape index (κ1) is 19.1. The number of ether oxygens (including phenoxy) is 2. The highest BCUT2D eigenvalue weighted by Gasteiger charge is 2.03. The second-order valence-corrected chi connectivity index (χ2v) is 6.03. The van der Waals surface area contributed by atoms with Crippen LogP contribution in [0.15, 0.2) is 47.5 Å². The normalized spacial score (nSPS) is 11.4. The summed E-state index contributed by atoms with van der Waals surface area (Å²) in [6, 6.07) is 13.4. The topological polar surface area (TPSA) is 68.9 Å². The molecule has 0 amide bonds. The van der Waals surface area contributed by atoms with Crippen molar-refractivity contribution in [3.63, 3.8) is 0 Å². The number of rotatable bonds is 8. The van der Waals surface area contributed by atoms with E-state index >= 15 is 0 Å². The molecule has 0 fully saturated rings. The number of hydrogen-bond donors (Lipinski definition) is 2. The molecular weight excluding hydrogens is 338 g/mol. The van der Waals surface area contributed by atoms with Crippen LogP contribution in [0.4, 0.5) is 5.69 Å². The van der Waals surface area contributed by atoms with Gasteiger partial charge in [0, 0.05) is 36.3 Å². The first-order chi connectivity index (χ1) is 12.1. The molecule has 0 atom stereocenters. The van der Waals surface area contributed by atoms with Crippen LogP contribution >= 0.6 is 11.6 Å². The molecule has 0 aliphatic carbocycles. The number of para-hydroxylation sites is 1. The summed E-state index contributed by atoms with van der Waals surface area (Å²) in [5.41, 5.74) is 8.90. The van der Waals surface area contributed by atoms with Gasteiger partial charge in [0.25, 0.3) is 0 Å². The van der Waals surface area contributed by atoms with Crippen LogP contribution in [0.3, 0.4) is 0 Å². The van der Waals surface area contributed by atoms with Crippen molar-refractivity contribution < 1.29 is 9.47 Å². The Balaban J connectivity index is 1.78. The molecule has 134 valence electrons. The number of aryl methyl sites for hydroxylation is 1. The molecule has 6 heteroatoms. The number of aliphatic imine (C=N–C) groups is 1. The van der Waals surface area contributed by atoms with Gasteiger partial charge in [0.1, 0.15) is 5.75 Å². The molecule has 0 bridgehead atoms. The van der Waals surface area contributed by atoms with Crippen molar-refractivity contribution >= 4 is 23.2 Å². The predicted molar refractivity (Wildman–Crippen MR) is 104 cm³/mol. The van der Waals surface area contributed by atoms with Gasteiger partial charge in [0.05, 0.1) is 13.2 Å². The Morgan fingerprint density at radius 1 is 1.24 bits per heavy atom. The molecule has 0 aliphatic rings. The molecule has 3 N–H and O–H groups in total. The van der Waals surface area contributed by atoms with E-state index < -0.39 is 0 Å². The highest BCUT2D eigenvalue weighted by atomic mass is 35.5. The Morgan fingerprint density at radius 3 is 2.80 bits per heavy atom. The average Bonchev–Trinajstić information content (AvgIpc) is 2.58. The van der Waals surface area contributed by atoms with E-state index in [1.165, 1.54) is 0 Å². The monoisotopic (exact) mass is 361 g/mol. The smallest absolute Gasteiger partial charge is 0.193 e. The van der Waals surface area contributed by atoms with Crippen LogP contribution < -0.4 is 15.8 Å². The molecule has 5 nitrogen and oxygen atoms in total. The van der Waals surface area contributed by atoms with Crippen molar-refractivity contribution in [2.45, 2.75) is 20.0 Å². The first-order valence-electron chi connectivity index (χ1n) is 8.13. The van der Waals surface area contributed by atoms with E-state index in [4.69, 9.17) is 26.8 Å². The second-order valence-electron chi connectivity index (χ2n) is 5.59. The predicted octanol–water partition coefficient (Wildman–Crippen LogP) is 3.99. The van der Waals surface area contributed by atoms with Crippen LogP contribution in [0.1, 0.15) is 17.5 Å². The number of methoxy groups -OCH3 is 1. The Labute approximate surface area is 153 Å². The molecule has 0 radical (unpaired) electrons. The molecule has 2 aromatic carbocycles. The number of nitrogens with two attached hydrogens (primary N) is 1. The average molecular weight is 362 g/mol. The fourth-order valence-corrected chi connectivity index (χ4v) is 2.55. The molecule has 0 unspecified atom stereocenters. The van der Waals surface area contributed by atoms with Gasteiger partial charge in [-0.3, -0.25) is 4.99 Å². The Kier molecular flexibility index (Phi) is 7.57. The van der Waals surface area contributed by atoms with Crippen molar-refractivity contribution in [3.8, 4) is 5.75 Å². The maximum absolute atomic E-state index is 5.95. The minimum Gasteiger partial charge on any atom is -0.493 e. The zero-order valence-corrected chi connectivity index (χ0v) is 15.3. The maximum atomic E-state index is 5.95. The van der Waals surface area contributed by atoms with Crippen molar-refractivity contribution in [2.24, 2.45) is 10.7 Å². The standard InChI is InChI=1S/C19H24ClN3O2/c1-14-12-16(20)8-9-18(14)25-11-5-10-22-19(21)23-17-7-4-3-6-15(17)13-24-2/h3-4,6-9,12H,5,10-11,13H2,1-2H3,(H3,21,22,23). The molecule has 0 aliphatic heterocycles. The minimum atomic E-state index is 0.381. The lowest BCUT2D eigenvalue weighted by molar-refractivity contribution is 0.185. The number of halogens is 1. The van der Waals surface area contributed by atoms with Crippen LogP contribution in [-0.4, -0.2) is 26.2 Å². The van der Waals surface area contributed by atoms with Crippen LogP contribution in [0, 0.1) is 6.92 Å². The zero-order chi connectivity index (χ0) is 18.1. The minimum absolute atomic E-state index is 0.381. The number of benzene rings is 2. The van der Waals surface area contributed by atoms with Gasteiger partial charge < -0.3 is 20.5 Å². The molecular formula is C19H24ClN3O2. The molecule has 2 aromatic rings. The quantitative estimate of drug-likeness (QED) is 0.423. The summed E-state index contributed by atoms with van der Waals surface area (Å²) < 4.78 is 10.9. The number of guanidine groups is 1. The van der Waals surface area contributed by atoms with Gasteiger partial charge in [-0.05, 0) is 36.8 Å². The largest absolute Gasteiger partial charge is 0.493 e. The zero-order valence-electron chi connectivity index (χ0n) is 14.6. The van der Waals surface area contributed by atoms with Crippen molar-refractivity contribution in [1.82, 2.24) is 0 Å². The highest BCUT2D eigenvalue weighted by molar-refractivity contribution is 6.30. The molecule has 0 saturated carbocycles. The maximum Gasteiger partial charge on any atom is 0.193 e. The summed E-state index contributed by atoms with van der Waals surface area (Å²) in [6.45, 7) is 3.64. The van der Waals surface area contributed by atoms with Crippen LogP contribution in [0.2, 0.25) is 5.02 Å².